The Bertz CT molecular complexity index is 1130. The second-order valence-electron chi connectivity index (χ2n) is 8.08. The Morgan fingerprint density at radius 2 is 1.45 bits per heavy atom. The molecule has 0 radical (unpaired) electrons. The molecule has 0 N–H and O–H groups in total. The smallest absolute Gasteiger partial charge is 0.249 e. The van der Waals surface area contributed by atoms with Crippen molar-refractivity contribution >= 4 is 6.08 Å². The van der Waals surface area contributed by atoms with E-state index in [0.717, 1.165) is 27.8 Å². The van der Waals surface area contributed by atoms with Gasteiger partial charge in [0.25, 0.3) is 0 Å². The van der Waals surface area contributed by atoms with Crippen molar-refractivity contribution < 1.29 is 4.42 Å². The zero-order valence-corrected chi connectivity index (χ0v) is 17.0. The number of aromatic nitrogens is 2. The normalized spacial score (nSPS) is 11.4. The molecule has 0 atom stereocenters. The maximum atomic E-state index is 6.12. The molecule has 4 aromatic rings. The van der Waals surface area contributed by atoms with Gasteiger partial charge in [-0.2, -0.15) is 0 Å². The topological polar surface area (TPSA) is 38.9 Å². The van der Waals surface area contributed by atoms with Crippen LogP contribution in [0.25, 0.3) is 40.1 Å². The number of benzene rings is 3. The van der Waals surface area contributed by atoms with Crippen molar-refractivity contribution in [3.63, 3.8) is 0 Å². The first-order valence-corrected chi connectivity index (χ1v) is 9.73. The van der Waals surface area contributed by atoms with Crippen LogP contribution in [-0.4, -0.2) is 10.2 Å². The highest BCUT2D eigenvalue weighted by molar-refractivity contribution is 5.86. The summed E-state index contributed by atoms with van der Waals surface area (Å²) in [5, 5.41) is 8.68. The molecule has 1 heterocycles. The molecule has 0 aliphatic carbocycles. The lowest BCUT2D eigenvalue weighted by atomic mass is 9.87. The molecule has 4 rings (SSSR count). The van der Waals surface area contributed by atoms with E-state index in [4.69, 9.17) is 4.42 Å². The fraction of sp³-hybridized carbons (Fsp3) is 0.154. The van der Waals surface area contributed by atoms with E-state index in [9.17, 15) is 0 Å². The minimum atomic E-state index is 0.103. The van der Waals surface area contributed by atoms with Crippen molar-refractivity contribution in [1.29, 1.82) is 0 Å². The Kier molecular flexibility index (Phi) is 4.89. The van der Waals surface area contributed by atoms with Crippen LogP contribution < -0.4 is 0 Å². The van der Waals surface area contributed by atoms with Crippen LogP contribution in [0.2, 0.25) is 0 Å². The Hall–Kier alpha value is -3.46. The van der Waals surface area contributed by atoms with Crippen molar-refractivity contribution in [1.82, 2.24) is 10.2 Å². The molecule has 0 bridgehead atoms. The van der Waals surface area contributed by atoms with Gasteiger partial charge in [-0.1, -0.05) is 94.1 Å². The molecular formula is C26H24N2O. The molecule has 0 fully saturated rings. The lowest BCUT2D eigenvalue weighted by molar-refractivity contribution is 0.582. The van der Waals surface area contributed by atoms with E-state index in [1.807, 2.05) is 48.5 Å². The third-order valence-electron chi connectivity index (χ3n) is 5.04. The number of nitrogens with zero attached hydrogens (tertiary/aromatic N) is 2. The van der Waals surface area contributed by atoms with Gasteiger partial charge in [0, 0.05) is 5.56 Å². The highest BCUT2D eigenvalue weighted by atomic mass is 16.4. The molecule has 3 aromatic carbocycles. The van der Waals surface area contributed by atoms with Crippen molar-refractivity contribution in [2.45, 2.75) is 26.2 Å². The van der Waals surface area contributed by atoms with Crippen LogP contribution >= 0.6 is 0 Å². The third kappa shape index (κ3) is 3.77. The summed E-state index contributed by atoms with van der Waals surface area (Å²) in [5.41, 5.74) is 6.29. The molecule has 0 saturated heterocycles. The summed E-state index contributed by atoms with van der Waals surface area (Å²) >= 11 is 0. The van der Waals surface area contributed by atoms with E-state index in [0.29, 0.717) is 11.8 Å². The largest absolute Gasteiger partial charge is 0.416 e. The maximum Gasteiger partial charge on any atom is 0.249 e. The molecule has 144 valence electrons. The highest BCUT2D eigenvalue weighted by Crippen LogP contribution is 2.36. The molecule has 29 heavy (non-hydrogen) atoms. The zero-order chi connectivity index (χ0) is 20.4. The first kappa shape index (κ1) is 18.9. The Balaban J connectivity index is 1.78. The van der Waals surface area contributed by atoms with E-state index in [1.165, 1.54) is 5.56 Å². The van der Waals surface area contributed by atoms with Gasteiger partial charge in [-0.05, 0) is 39.8 Å². The summed E-state index contributed by atoms with van der Waals surface area (Å²) in [4.78, 5) is 0. The van der Waals surface area contributed by atoms with Gasteiger partial charge in [-0.3, -0.25) is 0 Å². The van der Waals surface area contributed by atoms with E-state index in [-0.39, 0.29) is 5.41 Å². The first-order valence-electron chi connectivity index (χ1n) is 9.73. The molecule has 0 aliphatic rings. The Labute approximate surface area is 171 Å². The SMILES string of the molecule is C=Cc1cccc(-c2ccccc2)c1-c1nnc(-c2ccc(C(C)(C)C)cc2)o1. The molecule has 0 saturated carbocycles. The summed E-state index contributed by atoms with van der Waals surface area (Å²) in [5.74, 6) is 1.01. The Morgan fingerprint density at radius 3 is 2.10 bits per heavy atom. The van der Waals surface area contributed by atoms with Crippen LogP contribution in [0.1, 0.15) is 31.9 Å². The summed E-state index contributed by atoms with van der Waals surface area (Å²) < 4.78 is 6.12. The van der Waals surface area contributed by atoms with Crippen molar-refractivity contribution in [2.24, 2.45) is 0 Å². The number of hydrogen-bond acceptors (Lipinski definition) is 3. The average Bonchev–Trinajstić information content (AvgIpc) is 3.23. The lowest BCUT2D eigenvalue weighted by Crippen LogP contribution is -2.10. The van der Waals surface area contributed by atoms with Crippen LogP contribution in [0.15, 0.2) is 83.8 Å². The van der Waals surface area contributed by atoms with Crippen molar-refractivity contribution in [3.8, 4) is 34.0 Å². The molecular weight excluding hydrogens is 356 g/mol. The highest BCUT2D eigenvalue weighted by Gasteiger charge is 2.18. The standard InChI is InChI=1S/C26H24N2O/c1-5-18-12-9-13-22(19-10-7-6-8-11-19)23(18)25-28-27-24(29-25)20-14-16-21(17-15-20)26(2,3)4/h5-17H,1H2,2-4H3. The predicted molar refractivity (Wildman–Crippen MR) is 119 cm³/mol. The van der Waals surface area contributed by atoms with Gasteiger partial charge in [0.2, 0.25) is 11.8 Å². The minimum absolute atomic E-state index is 0.103. The monoisotopic (exact) mass is 380 g/mol. The second kappa shape index (κ2) is 7.51. The lowest BCUT2D eigenvalue weighted by Gasteiger charge is -2.18. The number of hydrogen-bond donors (Lipinski definition) is 0. The van der Waals surface area contributed by atoms with Gasteiger partial charge < -0.3 is 4.42 Å². The molecule has 1 aromatic heterocycles. The Morgan fingerprint density at radius 1 is 0.759 bits per heavy atom. The quantitative estimate of drug-likeness (QED) is 0.382. The van der Waals surface area contributed by atoms with Crippen LogP contribution in [0.3, 0.4) is 0 Å². The molecule has 3 nitrogen and oxygen atoms in total. The van der Waals surface area contributed by atoms with Crippen LogP contribution in [0.4, 0.5) is 0 Å². The van der Waals surface area contributed by atoms with Crippen molar-refractivity contribution in [3.05, 3.63) is 90.5 Å². The van der Waals surface area contributed by atoms with E-state index in [2.05, 4.69) is 67.9 Å². The summed E-state index contributed by atoms with van der Waals surface area (Å²) in [6.45, 7) is 10.6. The summed E-state index contributed by atoms with van der Waals surface area (Å²) in [6, 6.07) is 24.6. The maximum absolute atomic E-state index is 6.12. The predicted octanol–water partition coefficient (Wildman–Crippen LogP) is 7.01. The van der Waals surface area contributed by atoms with Crippen molar-refractivity contribution in [2.75, 3.05) is 0 Å². The fourth-order valence-electron chi connectivity index (χ4n) is 3.39. The second-order valence-corrected chi connectivity index (χ2v) is 8.08. The first-order chi connectivity index (χ1) is 14.0. The minimum Gasteiger partial charge on any atom is -0.416 e. The average molecular weight is 380 g/mol. The molecule has 0 spiro atoms. The van der Waals surface area contributed by atoms with Gasteiger partial charge >= 0.3 is 0 Å². The fourth-order valence-corrected chi connectivity index (χ4v) is 3.39. The van der Waals surface area contributed by atoms with E-state index < -0.39 is 0 Å². The van der Waals surface area contributed by atoms with Gasteiger partial charge in [0.15, 0.2) is 0 Å². The van der Waals surface area contributed by atoms with Gasteiger partial charge in [0.05, 0.1) is 5.56 Å². The van der Waals surface area contributed by atoms with Crippen LogP contribution in [0, 0.1) is 0 Å². The zero-order valence-electron chi connectivity index (χ0n) is 17.0. The van der Waals surface area contributed by atoms with Gasteiger partial charge in [-0.15, -0.1) is 10.2 Å². The van der Waals surface area contributed by atoms with Crippen LogP contribution in [-0.2, 0) is 5.41 Å². The third-order valence-corrected chi connectivity index (χ3v) is 5.04. The summed E-state index contributed by atoms with van der Waals surface area (Å²) in [6.07, 6.45) is 1.82. The van der Waals surface area contributed by atoms with E-state index in [1.54, 1.807) is 0 Å². The number of rotatable bonds is 4. The van der Waals surface area contributed by atoms with Gasteiger partial charge in [-0.25, -0.2) is 0 Å². The summed E-state index contributed by atoms with van der Waals surface area (Å²) in [7, 11) is 0. The molecule has 0 amide bonds. The molecule has 0 aliphatic heterocycles. The molecule has 0 unspecified atom stereocenters. The van der Waals surface area contributed by atoms with Crippen LogP contribution in [0.5, 0.6) is 0 Å². The molecule has 3 heteroatoms. The van der Waals surface area contributed by atoms with Gasteiger partial charge in [0.1, 0.15) is 0 Å². The van der Waals surface area contributed by atoms with E-state index >= 15 is 0 Å².